The number of aromatic nitrogens is 1. The van der Waals surface area contributed by atoms with Crippen LogP contribution >= 0.6 is 0 Å². The van der Waals surface area contributed by atoms with E-state index in [9.17, 15) is 4.79 Å². The molecule has 3 heteroatoms. The predicted molar refractivity (Wildman–Crippen MR) is 49.2 cm³/mol. The zero-order valence-electron chi connectivity index (χ0n) is 8.58. The van der Waals surface area contributed by atoms with Gasteiger partial charge in [-0.25, -0.2) is 0 Å². The Morgan fingerprint density at radius 3 is 2.92 bits per heavy atom. The van der Waals surface area contributed by atoms with Crippen LogP contribution in [0, 0.1) is 0 Å². The Hall–Kier alpha value is -0.570. The Balaban J connectivity index is 0.000000845. The van der Waals surface area contributed by atoms with Gasteiger partial charge < -0.3 is 11.2 Å². The summed E-state index contributed by atoms with van der Waals surface area (Å²) in [4.78, 5) is 13.4. The Morgan fingerprint density at radius 2 is 2.15 bits per heavy atom. The molecular weight excluding hydrogens is 173 g/mol. The fourth-order valence-electron chi connectivity index (χ4n) is 1.39. The first kappa shape index (κ1) is 10.5. The summed E-state index contributed by atoms with van der Waals surface area (Å²) in [5, 5.41) is 1.14. The van der Waals surface area contributed by atoms with Crippen molar-refractivity contribution in [1.29, 1.82) is 0 Å². The second-order valence-corrected chi connectivity index (χ2v) is 2.73. The van der Waals surface area contributed by atoms with Gasteiger partial charge in [-0.2, -0.15) is 0 Å². The third kappa shape index (κ3) is 2.02. The number of aromatic amines is 1. The molecule has 1 heterocycles. The van der Waals surface area contributed by atoms with Crippen molar-refractivity contribution in [2.24, 2.45) is 0 Å². The number of para-hydroxylation sites is 1. The maximum atomic E-state index is 10.3. The van der Waals surface area contributed by atoms with Crippen molar-refractivity contribution in [2.75, 3.05) is 0 Å². The van der Waals surface area contributed by atoms with E-state index in [0.29, 0.717) is 6.42 Å². The maximum Gasteiger partial charge on any atom is 1.00 e. The molecule has 0 aliphatic rings. The zero-order chi connectivity index (χ0) is 8.39. The molecule has 62 valence electrons. The summed E-state index contributed by atoms with van der Waals surface area (Å²) in [5.74, 6) is 0. The first-order valence-corrected chi connectivity index (χ1v) is 3.90. The number of aldehydes is 1. The van der Waals surface area contributed by atoms with Crippen molar-refractivity contribution < 1.29 is 35.8 Å². The van der Waals surface area contributed by atoms with Gasteiger partial charge in [0.2, 0.25) is 0 Å². The van der Waals surface area contributed by atoms with E-state index in [0.717, 1.165) is 22.8 Å². The van der Waals surface area contributed by atoms with Crippen molar-refractivity contribution in [3.63, 3.8) is 0 Å². The Labute approximate surface area is 100 Å². The molecule has 0 aliphatic heterocycles. The molecule has 2 aromatic rings. The standard InChI is InChI=1S/C10H9NO.Na.H/c12-6-5-8-7-11-10-4-2-1-3-9(8)10;;/h1-4,6-7,11H,5H2;;/q;+1;-1. The Morgan fingerprint density at radius 1 is 1.38 bits per heavy atom. The van der Waals surface area contributed by atoms with Gasteiger partial charge in [-0.15, -0.1) is 0 Å². The summed E-state index contributed by atoms with van der Waals surface area (Å²) in [6.45, 7) is 0. The van der Waals surface area contributed by atoms with E-state index in [-0.39, 0.29) is 31.0 Å². The van der Waals surface area contributed by atoms with Gasteiger partial charge in [0.1, 0.15) is 6.29 Å². The number of benzene rings is 1. The predicted octanol–water partition coefficient (Wildman–Crippen LogP) is -0.974. The first-order valence-electron chi connectivity index (χ1n) is 3.90. The number of hydrogen-bond acceptors (Lipinski definition) is 1. The van der Waals surface area contributed by atoms with Crippen LogP contribution in [-0.4, -0.2) is 11.3 Å². The van der Waals surface area contributed by atoms with Crippen LogP contribution < -0.4 is 29.6 Å². The molecule has 0 atom stereocenters. The van der Waals surface area contributed by atoms with Crippen LogP contribution in [0.25, 0.3) is 10.9 Å². The quantitative estimate of drug-likeness (QED) is 0.471. The summed E-state index contributed by atoms with van der Waals surface area (Å²) in [7, 11) is 0. The second kappa shape index (κ2) is 4.61. The molecule has 0 saturated heterocycles. The third-order valence-electron chi connectivity index (χ3n) is 1.98. The summed E-state index contributed by atoms with van der Waals surface area (Å²) < 4.78 is 0. The van der Waals surface area contributed by atoms with Gasteiger partial charge in [-0.1, -0.05) is 18.2 Å². The van der Waals surface area contributed by atoms with Gasteiger partial charge in [-0.3, -0.25) is 0 Å². The maximum absolute atomic E-state index is 10.3. The Kier molecular flexibility index (Phi) is 3.72. The van der Waals surface area contributed by atoms with Gasteiger partial charge in [0, 0.05) is 23.5 Å². The van der Waals surface area contributed by atoms with E-state index in [4.69, 9.17) is 0 Å². The minimum absolute atomic E-state index is 0. The van der Waals surface area contributed by atoms with Crippen molar-refractivity contribution in [3.05, 3.63) is 36.0 Å². The molecule has 1 aromatic carbocycles. The van der Waals surface area contributed by atoms with Crippen molar-refractivity contribution >= 4 is 17.2 Å². The molecule has 13 heavy (non-hydrogen) atoms. The number of carbonyl (C=O) groups is 1. The van der Waals surface area contributed by atoms with Crippen molar-refractivity contribution in [1.82, 2.24) is 4.98 Å². The molecule has 0 spiro atoms. The average Bonchev–Trinajstić information content (AvgIpc) is 2.50. The number of hydrogen-bond donors (Lipinski definition) is 1. The molecule has 2 nitrogen and oxygen atoms in total. The average molecular weight is 183 g/mol. The second-order valence-electron chi connectivity index (χ2n) is 2.73. The largest absolute Gasteiger partial charge is 1.00 e. The van der Waals surface area contributed by atoms with Crippen LogP contribution in [0.5, 0.6) is 0 Å². The molecule has 0 amide bonds. The van der Waals surface area contributed by atoms with E-state index in [2.05, 4.69) is 4.98 Å². The molecule has 0 aliphatic carbocycles. The molecule has 0 bridgehead atoms. The molecular formula is C10H10NNaO. The smallest absolute Gasteiger partial charge is 1.00 e. The molecule has 0 fully saturated rings. The van der Waals surface area contributed by atoms with E-state index in [1.54, 1.807) is 0 Å². The molecule has 0 unspecified atom stereocenters. The van der Waals surface area contributed by atoms with E-state index < -0.39 is 0 Å². The fourth-order valence-corrected chi connectivity index (χ4v) is 1.39. The van der Waals surface area contributed by atoms with Crippen LogP contribution in [0.1, 0.15) is 6.99 Å². The van der Waals surface area contributed by atoms with Crippen molar-refractivity contribution in [3.8, 4) is 0 Å². The Bertz CT molecular complexity index is 413. The van der Waals surface area contributed by atoms with Crippen LogP contribution in [0.15, 0.2) is 30.5 Å². The van der Waals surface area contributed by atoms with Crippen LogP contribution in [0.2, 0.25) is 0 Å². The molecule has 1 N–H and O–H groups in total. The van der Waals surface area contributed by atoms with Gasteiger partial charge in [-0.05, 0) is 11.6 Å². The van der Waals surface area contributed by atoms with E-state index >= 15 is 0 Å². The van der Waals surface area contributed by atoms with Gasteiger partial charge in [0.05, 0.1) is 0 Å². The number of H-pyrrole nitrogens is 1. The SMILES string of the molecule is O=CCc1c[nH]c2ccccc12.[H-].[Na+]. The van der Waals surface area contributed by atoms with Gasteiger partial charge in [0.15, 0.2) is 0 Å². The fraction of sp³-hybridized carbons (Fsp3) is 0.100. The van der Waals surface area contributed by atoms with E-state index in [1.807, 2.05) is 30.5 Å². The number of nitrogens with one attached hydrogen (secondary N) is 1. The monoisotopic (exact) mass is 183 g/mol. The van der Waals surface area contributed by atoms with Crippen LogP contribution in [-0.2, 0) is 11.2 Å². The molecule has 1 aromatic heterocycles. The normalized spacial score (nSPS) is 9.54. The molecule has 2 rings (SSSR count). The summed E-state index contributed by atoms with van der Waals surface area (Å²) in [6.07, 6.45) is 3.30. The topological polar surface area (TPSA) is 32.9 Å². The number of carbonyl (C=O) groups excluding carboxylic acids is 1. The molecule has 0 radical (unpaired) electrons. The molecule has 0 saturated carbocycles. The minimum Gasteiger partial charge on any atom is -1.00 e. The third-order valence-corrected chi connectivity index (χ3v) is 1.98. The number of fused-ring (bicyclic) bond motifs is 1. The summed E-state index contributed by atoms with van der Waals surface area (Å²) >= 11 is 0. The zero-order valence-corrected chi connectivity index (χ0v) is 9.58. The summed E-state index contributed by atoms with van der Waals surface area (Å²) in [5.41, 5.74) is 2.16. The van der Waals surface area contributed by atoms with Crippen molar-refractivity contribution in [2.45, 2.75) is 6.42 Å². The van der Waals surface area contributed by atoms with Crippen LogP contribution in [0.3, 0.4) is 0 Å². The minimum atomic E-state index is 0. The first-order chi connectivity index (χ1) is 5.92. The van der Waals surface area contributed by atoms with Gasteiger partial charge in [0.25, 0.3) is 0 Å². The van der Waals surface area contributed by atoms with E-state index in [1.165, 1.54) is 0 Å². The number of rotatable bonds is 2. The van der Waals surface area contributed by atoms with Gasteiger partial charge >= 0.3 is 29.6 Å². The summed E-state index contributed by atoms with van der Waals surface area (Å²) in [6, 6.07) is 7.97. The van der Waals surface area contributed by atoms with Crippen LogP contribution in [0.4, 0.5) is 0 Å².